The summed E-state index contributed by atoms with van der Waals surface area (Å²) < 4.78 is 19.2. The highest BCUT2D eigenvalue weighted by atomic mass is 19.1. The number of hydrogen-bond donors (Lipinski definition) is 0. The van der Waals surface area contributed by atoms with Gasteiger partial charge >= 0.3 is 0 Å². The highest BCUT2D eigenvalue weighted by Gasteiger charge is 2.21. The summed E-state index contributed by atoms with van der Waals surface area (Å²) in [6.45, 7) is 4.58. The van der Waals surface area contributed by atoms with Crippen LogP contribution in [0.5, 0.6) is 5.75 Å². The molecule has 1 nitrogen and oxygen atoms in total. The third-order valence-corrected chi connectivity index (χ3v) is 6.03. The molecule has 0 atom stereocenters. The fraction of sp³-hybridized carbons (Fsp3) is 0.481. The average molecular weight is 393 g/mol. The molecular formula is C27H33FO. The summed E-state index contributed by atoms with van der Waals surface area (Å²) >= 11 is 0. The number of halogens is 1. The van der Waals surface area contributed by atoms with Gasteiger partial charge in [-0.15, -0.1) is 0 Å². The van der Waals surface area contributed by atoms with Crippen LogP contribution in [-0.2, 0) is 0 Å². The highest BCUT2D eigenvalue weighted by molar-refractivity contribution is 5.45. The van der Waals surface area contributed by atoms with E-state index < -0.39 is 0 Å². The van der Waals surface area contributed by atoms with Crippen molar-refractivity contribution in [3.05, 3.63) is 65.0 Å². The third kappa shape index (κ3) is 6.36. The van der Waals surface area contributed by atoms with E-state index in [-0.39, 0.29) is 11.6 Å². The molecule has 0 aromatic heterocycles. The quantitative estimate of drug-likeness (QED) is 0.350. The second kappa shape index (κ2) is 11.1. The average Bonchev–Trinajstić information content (AvgIpc) is 2.75. The summed E-state index contributed by atoms with van der Waals surface area (Å²) in [6, 6.07) is 13.5. The van der Waals surface area contributed by atoms with Crippen LogP contribution in [-0.4, -0.2) is 6.61 Å². The van der Waals surface area contributed by atoms with Crippen LogP contribution in [0.2, 0.25) is 0 Å². The second-order valence-corrected chi connectivity index (χ2v) is 8.16. The zero-order valence-electron chi connectivity index (χ0n) is 17.8. The number of hydrogen-bond acceptors (Lipinski definition) is 1. The number of unbranched alkanes of at least 4 members (excludes halogenated alkanes) is 2. The lowest BCUT2D eigenvalue weighted by Gasteiger charge is -2.29. The standard InChI is InChI=1S/C27H33FO/c1-3-5-6-7-21-10-15-24(16-11-21)25-17-12-22(13-18-25)8-9-23-14-19-27(29-4-2)26(28)20-23/h12-14,17-21,24H,3-7,10-11,15-16H2,1-2H3/t21-,24-. The minimum atomic E-state index is -0.362. The summed E-state index contributed by atoms with van der Waals surface area (Å²) in [4.78, 5) is 0. The van der Waals surface area contributed by atoms with Crippen molar-refractivity contribution >= 4 is 0 Å². The fourth-order valence-electron chi connectivity index (χ4n) is 4.30. The first kappa shape index (κ1) is 21.4. The lowest BCUT2D eigenvalue weighted by Crippen LogP contribution is -2.13. The Morgan fingerprint density at radius 2 is 1.59 bits per heavy atom. The van der Waals surface area contributed by atoms with Gasteiger partial charge in [-0.1, -0.05) is 56.6 Å². The van der Waals surface area contributed by atoms with Crippen molar-refractivity contribution in [3.63, 3.8) is 0 Å². The van der Waals surface area contributed by atoms with Crippen LogP contribution in [0.1, 0.15) is 87.8 Å². The first-order valence-corrected chi connectivity index (χ1v) is 11.2. The van der Waals surface area contributed by atoms with Gasteiger partial charge in [0.2, 0.25) is 0 Å². The Kier molecular flexibility index (Phi) is 8.17. The second-order valence-electron chi connectivity index (χ2n) is 8.16. The molecule has 1 aliphatic rings. The van der Waals surface area contributed by atoms with E-state index in [1.165, 1.54) is 63.0 Å². The monoisotopic (exact) mass is 392 g/mol. The van der Waals surface area contributed by atoms with Crippen LogP contribution in [0, 0.1) is 23.6 Å². The molecule has 2 aromatic carbocycles. The van der Waals surface area contributed by atoms with Gasteiger partial charge in [-0.05, 0) is 80.3 Å². The number of rotatable bonds is 7. The molecule has 2 aromatic rings. The van der Waals surface area contributed by atoms with Gasteiger partial charge in [-0.25, -0.2) is 4.39 Å². The molecule has 0 spiro atoms. The smallest absolute Gasteiger partial charge is 0.166 e. The fourth-order valence-corrected chi connectivity index (χ4v) is 4.30. The molecule has 154 valence electrons. The molecule has 0 unspecified atom stereocenters. The number of ether oxygens (including phenoxy) is 1. The molecule has 2 heteroatoms. The molecule has 29 heavy (non-hydrogen) atoms. The molecule has 1 saturated carbocycles. The molecule has 0 aliphatic heterocycles. The number of benzene rings is 2. The summed E-state index contributed by atoms with van der Waals surface area (Å²) in [6.07, 6.45) is 10.9. The van der Waals surface area contributed by atoms with E-state index >= 15 is 0 Å². The Morgan fingerprint density at radius 1 is 0.897 bits per heavy atom. The largest absolute Gasteiger partial charge is 0.491 e. The Bertz CT molecular complexity index is 820. The van der Waals surface area contributed by atoms with Crippen molar-refractivity contribution in [2.24, 2.45) is 5.92 Å². The van der Waals surface area contributed by atoms with E-state index in [9.17, 15) is 4.39 Å². The van der Waals surface area contributed by atoms with E-state index in [1.54, 1.807) is 12.1 Å². The van der Waals surface area contributed by atoms with Gasteiger partial charge in [0.1, 0.15) is 0 Å². The summed E-state index contributed by atoms with van der Waals surface area (Å²) in [5, 5.41) is 0. The molecule has 0 N–H and O–H groups in total. The van der Waals surface area contributed by atoms with Gasteiger partial charge < -0.3 is 4.74 Å². The van der Waals surface area contributed by atoms with Gasteiger partial charge in [0.05, 0.1) is 6.61 Å². The van der Waals surface area contributed by atoms with Crippen molar-refractivity contribution in [2.75, 3.05) is 6.61 Å². The van der Waals surface area contributed by atoms with Gasteiger partial charge in [0, 0.05) is 11.1 Å². The maximum Gasteiger partial charge on any atom is 0.166 e. The Labute approximate surface area is 175 Å². The predicted octanol–water partition coefficient (Wildman–Crippen LogP) is 7.48. The maximum atomic E-state index is 13.9. The van der Waals surface area contributed by atoms with Gasteiger partial charge in [-0.2, -0.15) is 0 Å². The van der Waals surface area contributed by atoms with E-state index in [1.807, 2.05) is 6.92 Å². The predicted molar refractivity (Wildman–Crippen MR) is 119 cm³/mol. The summed E-state index contributed by atoms with van der Waals surface area (Å²) in [5.41, 5.74) is 3.07. The molecule has 0 radical (unpaired) electrons. The van der Waals surface area contributed by atoms with Gasteiger partial charge in [0.25, 0.3) is 0 Å². The molecule has 0 amide bonds. The highest BCUT2D eigenvalue weighted by Crippen LogP contribution is 2.37. The minimum absolute atomic E-state index is 0.280. The van der Waals surface area contributed by atoms with Crippen LogP contribution in [0.3, 0.4) is 0 Å². The van der Waals surface area contributed by atoms with Crippen LogP contribution >= 0.6 is 0 Å². The summed E-state index contributed by atoms with van der Waals surface area (Å²) in [5.74, 6) is 7.76. The zero-order valence-corrected chi connectivity index (χ0v) is 17.8. The van der Waals surface area contributed by atoms with Gasteiger partial charge in [-0.3, -0.25) is 0 Å². The minimum Gasteiger partial charge on any atom is -0.491 e. The molecule has 1 aliphatic carbocycles. The summed E-state index contributed by atoms with van der Waals surface area (Å²) in [7, 11) is 0. The zero-order chi connectivity index (χ0) is 20.5. The van der Waals surface area contributed by atoms with Crippen molar-refractivity contribution in [1.29, 1.82) is 0 Å². The van der Waals surface area contributed by atoms with E-state index in [4.69, 9.17) is 4.74 Å². The van der Waals surface area contributed by atoms with Crippen LogP contribution in [0.25, 0.3) is 0 Å². The maximum absolute atomic E-state index is 13.9. The Balaban J connectivity index is 1.55. The Morgan fingerprint density at radius 3 is 2.24 bits per heavy atom. The topological polar surface area (TPSA) is 9.23 Å². The first-order valence-electron chi connectivity index (χ1n) is 11.2. The lowest BCUT2D eigenvalue weighted by molar-refractivity contribution is 0.303. The van der Waals surface area contributed by atoms with Crippen molar-refractivity contribution in [2.45, 2.75) is 71.1 Å². The molecule has 3 rings (SSSR count). The van der Waals surface area contributed by atoms with Crippen molar-refractivity contribution < 1.29 is 9.13 Å². The van der Waals surface area contributed by atoms with E-state index in [2.05, 4.69) is 43.0 Å². The lowest BCUT2D eigenvalue weighted by atomic mass is 9.77. The van der Waals surface area contributed by atoms with Gasteiger partial charge in [0.15, 0.2) is 11.6 Å². The molecular weight excluding hydrogens is 359 g/mol. The van der Waals surface area contributed by atoms with Crippen molar-refractivity contribution in [1.82, 2.24) is 0 Å². The normalized spacial score (nSPS) is 18.7. The molecule has 0 bridgehead atoms. The van der Waals surface area contributed by atoms with E-state index in [0.29, 0.717) is 18.1 Å². The van der Waals surface area contributed by atoms with Crippen molar-refractivity contribution in [3.8, 4) is 17.6 Å². The van der Waals surface area contributed by atoms with Crippen LogP contribution < -0.4 is 4.74 Å². The Hall–Kier alpha value is -2.27. The van der Waals surface area contributed by atoms with Crippen LogP contribution in [0.4, 0.5) is 4.39 Å². The van der Waals surface area contributed by atoms with E-state index in [0.717, 1.165) is 11.5 Å². The third-order valence-electron chi connectivity index (χ3n) is 6.03. The first-order chi connectivity index (χ1) is 14.2. The molecule has 0 saturated heterocycles. The molecule has 0 heterocycles. The van der Waals surface area contributed by atoms with Crippen LogP contribution in [0.15, 0.2) is 42.5 Å². The molecule has 1 fully saturated rings. The SMILES string of the molecule is CCCCC[C@H]1CC[C@H](c2ccc(C#Cc3ccc(OCC)c(F)c3)cc2)CC1.